The number of tetrazole rings is 1. The molecule has 3 N–H and O–H groups in total. The fourth-order valence-electron chi connectivity index (χ4n) is 1.57. The summed E-state index contributed by atoms with van der Waals surface area (Å²) in [7, 11) is 1.55. The van der Waals surface area contributed by atoms with Crippen LogP contribution in [-0.4, -0.2) is 39.8 Å². The molecule has 100 valence electrons. The molecule has 8 heteroatoms. The molecule has 19 heavy (non-hydrogen) atoms. The highest BCUT2D eigenvalue weighted by Gasteiger charge is 2.09. The Morgan fingerprint density at radius 3 is 3.00 bits per heavy atom. The molecule has 0 aliphatic rings. The summed E-state index contributed by atoms with van der Waals surface area (Å²) in [5, 5.41) is 13.7. The lowest BCUT2D eigenvalue weighted by Gasteiger charge is -2.10. The highest BCUT2D eigenvalue weighted by molar-refractivity contribution is 5.91. The van der Waals surface area contributed by atoms with Crippen molar-refractivity contribution >= 4 is 11.6 Å². The summed E-state index contributed by atoms with van der Waals surface area (Å²) in [6.45, 7) is 0.307. The number of nitrogens with one attached hydrogen (secondary N) is 1. The standard InChI is InChI=1S/C11H14N6O2/c1-19-10-3-2-8(14-11(18)4-5-12)6-9(10)17-7-13-15-16-17/h2-3,6-7H,4-5,12H2,1H3,(H,14,18). The molecule has 1 aromatic carbocycles. The summed E-state index contributed by atoms with van der Waals surface area (Å²) in [6, 6.07) is 5.19. The normalized spacial score (nSPS) is 10.2. The Morgan fingerprint density at radius 2 is 2.37 bits per heavy atom. The Kier molecular flexibility index (Phi) is 4.04. The van der Waals surface area contributed by atoms with Crippen molar-refractivity contribution in [2.24, 2.45) is 5.73 Å². The zero-order valence-electron chi connectivity index (χ0n) is 10.4. The van der Waals surface area contributed by atoms with Crippen LogP contribution < -0.4 is 15.8 Å². The molecule has 0 aliphatic carbocycles. The summed E-state index contributed by atoms with van der Waals surface area (Å²) in [5.74, 6) is 0.458. The first kappa shape index (κ1) is 13.0. The van der Waals surface area contributed by atoms with E-state index in [0.717, 1.165) is 0 Å². The van der Waals surface area contributed by atoms with Crippen LogP contribution in [0.1, 0.15) is 6.42 Å². The number of anilines is 1. The minimum Gasteiger partial charge on any atom is -0.494 e. The fourth-order valence-corrected chi connectivity index (χ4v) is 1.57. The quantitative estimate of drug-likeness (QED) is 0.782. The van der Waals surface area contributed by atoms with Crippen molar-refractivity contribution in [2.75, 3.05) is 19.0 Å². The minimum absolute atomic E-state index is 0.143. The van der Waals surface area contributed by atoms with Gasteiger partial charge in [-0.1, -0.05) is 0 Å². The van der Waals surface area contributed by atoms with Gasteiger partial charge < -0.3 is 15.8 Å². The van der Waals surface area contributed by atoms with Crippen molar-refractivity contribution in [3.63, 3.8) is 0 Å². The van der Waals surface area contributed by atoms with E-state index in [1.165, 1.54) is 11.0 Å². The number of rotatable bonds is 5. The molecule has 0 saturated carbocycles. The monoisotopic (exact) mass is 262 g/mol. The van der Waals surface area contributed by atoms with E-state index in [4.69, 9.17) is 10.5 Å². The molecule has 1 heterocycles. The Hall–Kier alpha value is -2.48. The van der Waals surface area contributed by atoms with Crippen LogP contribution in [0.4, 0.5) is 5.69 Å². The van der Waals surface area contributed by atoms with Gasteiger partial charge in [0.05, 0.1) is 7.11 Å². The number of ether oxygens (including phenoxy) is 1. The molecule has 0 fully saturated rings. The fraction of sp³-hybridized carbons (Fsp3) is 0.273. The van der Waals surface area contributed by atoms with Gasteiger partial charge >= 0.3 is 0 Å². The van der Waals surface area contributed by atoms with E-state index in [-0.39, 0.29) is 12.3 Å². The Balaban J connectivity index is 2.28. The number of carbonyl (C=O) groups excluding carboxylic acids is 1. The smallest absolute Gasteiger partial charge is 0.225 e. The molecule has 0 saturated heterocycles. The van der Waals surface area contributed by atoms with Gasteiger partial charge in [-0.25, -0.2) is 0 Å². The second-order valence-corrected chi connectivity index (χ2v) is 3.73. The second-order valence-electron chi connectivity index (χ2n) is 3.73. The van der Waals surface area contributed by atoms with E-state index in [1.807, 2.05) is 0 Å². The lowest BCUT2D eigenvalue weighted by molar-refractivity contribution is -0.116. The van der Waals surface area contributed by atoms with Crippen molar-refractivity contribution in [1.82, 2.24) is 20.2 Å². The van der Waals surface area contributed by atoms with Gasteiger partial charge in [-0.15, -0.1) is 5.10 Å². The maximum absolute atomic E-state index is 11.5. The molecule has 2 rings (SSSR count). The zero-order chi connectivity index (χ0) is 13.7. The maximum Gasteiger partial charge on any atom is 0.225 e. The molecule has 2 aromatic rings. The van der Waals surface area contributed by atoms with Crippen molar-refractivity contribution in [3.05, 3.63) is 24.5 Å². The van der Waals surface area contributed by atoms with Gasteiger partial charge in [-0.3, -0.25) is 4.79 Å². The van der Waals surface area contributed by atoms with Crippen LogP contribution in [0.5, 0.6) is 5.75 Å². The number of aromatic nitrogens is 4. The van der Waals surface area contributed by atoms with E-state index in [1.54, 1.807) is 25.3 Å². The van der Waals surface area contributed by atoms with Crippen LogP contribution in [0.15, 0.2) is 24.5 Å². The number of nitrogens with zero attached hydrogens (tertiary/aromatic N) is 4. The number of nitrogens with two attached hydrogens (primary N) is 1. The molecule has 0 spiro atoms. The number of benzene rings is 1. The van der Waals surface area contributed by atoms with Crippen molar-refractivity contribution in [2.45, 2.75) is 6.42 Å². The van der Waals surface area contributed by atoms with Gasteiger partial charge in [-0.05, 0) is 28.6 Å². The average Bonchev–Trinajstić information content (AvgIpc) is 2.92. The molecule has 0 radical (unpaired) electrons. The Morgan fingerprint density at radius 1 is 1.53 bits per heavy atom. The average molecular weight is 262 g/mol. The third kappa shape index (κ3) is 3.05. The lowest BCUT2D eigenvalue weighted by Crippen LogP contribution is -2.16. The molecule has 0 bridgehead atoms. The number of methoxy groups -OCH3 is 1. The maximum atomic E-state index is 11.5. The summed E-state index contributed by atoms with van der Waals surface area (Å²) in [5.41, 5.74) is 6.59. The molecule has 1 aromatic heterocycles. The lowest BCUT2D eigenvalue weighted by atomic mass is 10.2. The van der Waals surface area contributed by atoms with Crippen LogP contribution in [-0.2, 0) is 4.79 Å². The van der Waals surface area contributed by atoms with Gasteiger partial charge in [0, 0.05) is 18.7 Å². The van der Waals surface area contributed by atoms with Crippen LogP contribution >= 0.6 is 0 Å². The Bertz CT molecular complexity index is 554. The van der Waals surface area contributed by atoms with Crippen molar-refractivity contribution in [3.8, 4) is 11.4 Å². The molecule has 0 unspecified atom stereocenters. The largest absolute Gasteiger partial charge is 0.494 e. The molecular weight excluding hydrogens is 248 g/mol. The summed E-state index contributed by atoms with van der Waals surface area (Å²) < 4.78 is 6.68. The van der Waals surface area contributed by atoms with Crippen molar-refractivity contribution < 1.29 is 9.53 Å². The third-order valence-corrected chi connectivity index (χ3v) is 2.43. The molecule has 1 amide bonds. The molecular formula is C11H14N6O2. The molecule has 0 aliphatic heterocycles. The van der Waals surface area contributed by atoms with Gasteiger partial charge in [-0.2, -0.15) is 4.68 Å². The number of hydrogen-bond acceptors (Lipinski definition) is 6. The van der Waals surface area contributed by atoms with Crippen LogP contribution in [0.25, 0.3) is 5.69 Å². The van der Waals surface area contributed by atoms with E-state index in [9.17, 15) is 4.79 Å². The van der Waals surface area contributed by atoms with E-state index in [2.05, 4.69) is 20.8 Å². The zero-order valence-corrected chi connectivity index (χ0v) is 10.4. The van der Waals surface area contributed by atoms with Crippen LogP contribution in [0, 0.1) is 0 Å². The SMILES string of the molecule is COc1ccc(NC(=O)CCN)cc1-n1cnnn1. The first-order valence-electron chi connectivity index (χ1n) is 5.66. The number of hydrogen-bond donors (Lipinski definition) is 2. The molecule has 8 nitrogen and oxygen atoms in total. The predicted molar refractivity (Wildman–Crippen MR) is 68.0 cm³/mol. The van der Waals surface area contributed by atoms with Gasteiger partial charge in [0.15, 0.2) is 0 Å². The number of carbonyl (C=O) groups is 1. The van der Waals surface area contributed by atoms with Crippen LogP contribution in [0.3, 0.4) is 0 Å². The highest BCUT2D eigenvalue weighted by atomic mass is 16.5. The Labute approximate surface area is 109 Å². The minimum atomic E-state index is -0.143. The van der Waals surface area contributed by atoms with Gasteiger partial charge in [0.25, 0.3) is 0 Å². The highest BCUT2D eigenvalue weighted by Crippen LogP contribution is 2.25. The first-order valence-corrected chi connectivity index (χ1v) is 5.66. The van der Waals surface area contributed by atoms with E-state index in [0.29, 0.717) is 23.7 Å². The summed E-state index contributed by atoms with van der Waals surface area (Å²) in [4.78, 5) is 11.5. The second kappa shape index (κ2) is 5.91. The molecule has 0 atom stereocenters. The van der Waals surface area contributed by atoms with E-state index < -0.39 is 0 Å². The van der Waals surface area contributed by atoms with E-state index >= 15 is 0 Å². The van der Waals surface area contributed by atoms with Gasteiger partial charge in [0.1, 0.15) is 17.8 Å². The predicted octanol–water partition coefficient (Wildman–Crippen LogP) is -0.0418. The van der Waals surface area contributed by atoms with Gasteiger partial charge in [0.2, 0.25) is 5.91 Å². The summed E-state index contributed by atoms with van der Waals surface area (Å²) >= 11 is 0. The van der Waals surface area contributed by atoms with Crippen molar-refractivity contribution in [1.29, 1.82) is 0 Å². The van der Waals surface area contributed by atoms with Crippen LogP contribution in [0.2, 0.25) is 0 Å². The first-order chi connectivity index (χ1) is 9.24. The summed E-state index contributed by atoms with van der Waals surface area (Å²) in [6.07, 6.45) is 1.72. The number of amides is 1. The third-order valence-electron chi connectivity index (χ3n) is 2.43. The topological polar surface area (TPSA) is 108 Å².